The van der Waals surface area contributed by atoms with E-state index in [-0.39, 0.29) is 11.8 Å². The molecule has 0 heterocycles. The Kier molecular flexibility index (Phi) is 6.57. The molecule has 1 atom stereocenters. The second-order valence-corrected chi connectivity index (χ2v) is 5.62. The highest BCUT2D eigenvalue weighted by atomic mass is 16.5. The zero-order chi connectivity index (χ0) is 18.2. The Bertz CT molecular complexity index is 712. The maximum atomic E-state index is 12.4. The maximum absolute atomic E-state index is 12.4. The molecule has 132 valence electrons. The normalized spacial score (nSPS) is 11.5. The minimum Gasteiger partial charge on any atom is -0.481 e. The highest BCUT2D eigenvalue weighted by Gasteiger charge is 2.17. The molecule has 2 aromatic carbocycles. The Morgan fingerprint density at radius 3 is 2.36 bits per heavy atom. The van der Waals surface area contributed by atoms with Gasteiger partial charge in [-0.05, 0) is 51.1 Å². The molecule has 0 fully saturated rings. The predicted octanol–water partition coefficient (Wildman–Crippen LogP) is 3.57. The van der Waals surface area contributed by atoms with Crippen LogP contribution >= 0.6 is 0 Å². The van der Waals surface area contributed by atoms with E-state index in [1.165, 1.54) is 0 Å². The van der Waals surface area contributed by atoms with Gasteiger partial charge in [-0.15, -0.1) is 0 Å². The highest BCUT2D eigenvalue weighted by molar-refractivity contribution is 5.98. The lowest BCUT2D eigenvalue weighted by Crippen LogP contribution is -2.31. The molecule has 5 nitrogen and oxygen atoms in total. The lowest BCUT2D eigenvalue weighted by atomic mass is 10.1. The minimum atomic E-state index is -0.649. The number of para-hydroxylation sites is 1. The van der Waals surface area contributed by atoms with Crippen molar-refractivity contribution in [2.75, 3.05) is 18.4 Å². The van der Waals surface area contributed by atoms with Crippen molar-refractivity contribution in [2.45, 2.75) is 26.9 Å². The van der Waals surface area contributed by atoms with Gasteiger partial charge in [0.2, 0.25) is 0 Å². The first kappa shape index (κ1) is 18.5. The fourth-order valence-corrected chi connectivity index (χ4v) is 2.42. The molecule has 2 rings (SSSR count). The lowest BCUT2D eigenvalue weighted by molar-refractivity contribution is -0.122. The van der Waals surface area contributed by atoms with Crippen molar-refractivity contribution in [3.63, 3.8) is 0 Å². The third-order valence-corrected chi connectivity index (χ3v) is 3.85. The van der Waals surface area contributed by atoms with E-state index in [2.05, 4.69) is 5.32 Å². The van der Waals surface area contributed by atoms with E-state index in [4.69, 9.17) is 4.74 Å². The van der Waals surface area contributed by atoms with E-state index in [0.29, 0.717) is 30.1 Å². The van der Waals surface area contributed by atoms with E-state index >= 15 is 0 Å². The van der Waals surface area contributed by atoms with Gasteiger partial charge in [0, 0.05) is 24.3 Å². The number of rotatable bonds is 7. The van der Waals surface area contributed by atoms with Crippen LogP contribution in [0.3, 0.4) is 0 Å². The quantitative estimate of drug-likeness (QED) is 0.838. The largest absolute Gasteiger partial charge is 0.481 e. The van der Waals surface area contributed by atoms with Gasteiger partial charge in [0.05, 0.1) is 0 Å². The molecule has 0 radical (unpaired) electrons. The molecule has 0 aliphatic carbocycles. The number of hydrogen-bond donors (Lipinski definition) is 1. The topological polar surface area (TPSA) is 58.6 Å². The highest BCUT2D eigenvalue weighted by Crippen LogP contribution is 2.15. The van der Waals surface area contributed by atoms with E-state index in [1.54, 1.807) is 48.2 Å². The summed E-state index contributed by atoms with van der Waals surface area (Å²) in [5.74, 6) is 0.321. The molecular formula is C20H24N2O3. The zero-order valence-corrected chi connectivity index (χ0v) is 14.9. The zero-order valence-electron chi connectivity index (χ0n) is 14.9. The Morgan fingerprint density at radius 2 is 1.72 bits per heavy atom. The van der Waals surface area contributed by atoms with Crippen LogP contribution in [0.5, 0.6) is 5.75 Å². The Morgan fingerprint density at radius 1 is 1.04 bits per heavy atom. The van der Waals surface area contributed by atoms with Crippen molar-refractivity contribution >= 4 is 17.5 Å². The number of amides is 2. The number of carbonyl (C=O) groups is 2. The summed E-state index contributed by atoms with van der Waals surface area (Å²) in [5.41, 5.74) is 1.13. The summed E-state index contributed by atoms with van der Waals surface area (Å²) in [7, 11) is 0. The summed E-state index contributed by atoms with van der Waals surface area (Å²) in [6.07, 6.45) is -0.649. The van der Waals surface area contributed by atoms with Crippen LogP contribution in [0.1, 0.15) is 31.1 Å². The molecule has 0 saturated carbocycles. The standard InChI is InChI=1S/C20H24N2O3/c1-4-22(5-2)20(24)16-10-9-11-17(14-16)21-19(23)15(3)25-18-12-7-6-8-13-18/h6-15H,4-5H2,1-3H3,(H,21,23). The van der Waals surface area contributed by atoms with Crippen molar-refractivity contribution < 1.29 is 14.3 Å². The summed E-state index contributed by atoms with van der Waals surface area (Å²) >= 11 is 0. The number of hydrogen-bond acceptors (Lipinski definition) is 3. The molecule has 0 aromatic heterocycles. The van der Waals surface area contributed by atoms with Gasteiger partial charge in [0.25, 0.3) is 11.8 Å². The van der Waals surface area contributed by atoms with Gasteiger partial charge >= 0.3 is 0 Å². The van der Waals surface area contributed by atoms with Crippen LogP contribution in [-0.4, -0.2) is 35.9 Å². The third-order valence-electron chi connectivity index (χ3n) is 3.85. The molecule has 2 amide bonds. The molecule has 1 unspecified atom stereocenters. The van der Waals surface area contributed by atoms with Crippen molar-refractivity contribution in [3.8, 4) is 5.75 Å². The van der Waals surface area contributed by atoms with Crippen molar-refractivity contribution in [3.05, 3.63) is 60.2 Å². The first-order valence-corrected chi connectivity index (χ1v) is 8.47. The van der Waals surface area contributed by atoms with Gasteiger partial charge in [-0.3, -0.25) is 9.59 Å². The van der Waals surface area contributed by atoms with Gasteiger partial charge in [0.1, 0.15) is 5.75 Å². The van der Waals surface area contributed by atoms with Gasteiger partial charge in [-0.25, -0.2) is 0 Å². The lowest BCUT2D eigenvalue weighted by Gasteiger charge is -2.19. The average molecular weight is 340 g/mol. The van der Waals surface area contributed by atoms with E-state index in [0.717, 1.165) is 0 Å². The van der Waals surface area contributed by atoms with Crippen LogP contribution in [-0.2, 0) is 4.79 Å². The monoisotopic (exact) mass is 340 g/mol. The first-order valence-electron chi connectivity index (χ1n) is 8.47. The fourth-order valence-electron chi connectivity index (χ4n) is 2.42. The van der Waals surface area contributed by atoms with Crippen LogP contribution in [0.4, 0.5) is 5.69 Å². The maximum Gasteiger partial charge on any atom is 0.265 e. The second-order valence-electron chi connectivity index (χ2n) is 5.62. The smallest absolute Gasteiger partial charge is 0.265 e. The van der Waals surface area contributed by atoms with Crippen molar-refractivity contribution in [1.82, 2.24) is 4.90 Å². The Labute approximate surface area is 148 Å². The molecule has 0 aliphatic rings. The first-order chi connectivity index (χ1) is 12.0. The molecule has 0 bridgehead atoms. The molecule has 0 saturated heterocycles. The SMILES string of the molecule is CCN(CC)C(=O)c1cccc(NC(=O)C(C)Oc2ccccc2)c1. The number of nitrogens with zero attached hydrogens (tertiary/aromatic N) is 1. The van der Waals surface area contributed by atoms with E-state index in [1.807, 2.05) is 32.0 Å². The summed E-state index contributed by atoms with van der Waals surface area (Å²) < 4.78 is 5.61. The summed E-state index contributed by atoms with van der Waals surface area (Å²) in [4.78, 5) is 26.5. The van der Waals surface area contributed by atoms with Gasteiger partial charge in [-0.2, -0.15) is 0 Å². The number of benzene rings is 2. The molecular weight excluding hydrogens is 316 g/mol. The second kappa shape index (κ2) is 8.87. The van der Waals surface area contributed by atoms with Crippen LogP contribution in [0.15, 0.2) is 54.6 Å². The molecule has 0 aliphatic heterocycles. The molecule has 0 spiro atoms. The number of anilines is 1. The molecule has 2 aromatic rings. The van der Waals surface area contributed by atoms with Crippen LogP contribution in [0.25, 0.3) is 0 Å². The third kappa shape index (κ3) is 5.08. The Balaban J connectivity index is 2.03. The van der Waals surface area contributed by atoms with Gasteiger partial charge in [-0.1, -0.05) is 24.3 Å². The van der Waals surface area contributed by atoms with Gasteiger partial charge in [0.15, 0.2) is 6.10 Å². The number of carbonyl (C=O) groups excluding carboxylic acids is 2. The fraction of sp³-hybridized carbons (Fsp3) is 0.300. The van der Waals surface area contributed by atoms with E-state index in [9.17, 15) is 9.59 Å². The number of ether oxygens (including phenoxy) is 1. The Hall–Kier alpha value is -2.82. The summed E-state index contributed by atoms with van der Waals surface area (Å²) in [5, 5.41) is 2.80. The minimum absolute atomic E-state index is 0.0466. The van der Waals surface area contributed by atoms with Crippen LogP contribution in [0, 0.1) is 0 Å². The van der Waals surface area contributed by atoms with Crippen LogP contribution in [0.2, 0.25) is 0 Å². The summed E-state index contributed by atoms with van der Waals surface area (Å²) in [6, 6.07) is 16.1. The summed E-state index contributed by atoms with van der Waals surface area (Å²) in [6.45, 7) is 6.86. The van der Waals surface area contributed by atoms with Crippen molar-refractivity contribution in [1.29, 1.82) is 0 Å². The van der Waals surface area contributed by atoms with Gasteiger partial charge < -0.3 is 15.0 Å². The van der Waals surface area contributed by atoms with E-state index < -0.39 is 6.10 Å². The van der Waals surface area contributed by atoms with Crippen molar-refractivity contribution in [2.24, 2.45) is 0 Å². The number of nitrogens with one attached hydrogen (secondary N) is 1. The molecule has 25 heavy (non-hydrogen) atoms. The predicted molar refractivity (Wildman–Crippen MR) is 98.9 cm³/mol. The van der Waals surface area contributed by atoms with Crippen LogP contribution < -0.4 is 10.1 Å². The molecule has 5 heteroatoms. The molecule has 1 N–H and O–H groups in total. The average Bonchev–Trinajstić information content (AvgIpc) is 2.63.